The Morgan fingerprint density at radius 3 is 2.64 bits per heavy atom. The van der Waals surface area contributed by atoms with Gasteiger partial charge in [0.25, 0.3) is 10.2 Å². The van der Waals surface area contributed by atoms with E-state index in [2.05, 4.69) is 10.2 Å². The first kappa shape index (κ1) is 17.0. The Hall–Kier alpha value is -1.49. The third-order valence-electron chi connectivity index (χ3n) is 5.17. The lowest BCUT2D eigenvalue weighted by atomic mass is 9.92. The summed E-state index contributed by atoms with van der Waals surface area (Å²) in [4.78, 5) is 0. The number of aromatic nitrogens is 2. The number of nitrogens with two attached hydrogens (primary N) is 1. The summed E-state index contributed by atoms with van der Waals surface area (Å²) in [7, 11) is -3.64. The zero-order valence-corrected chi connectivity index (χ0v) is 14.8. The monoisotopic (exact) mass is 386 g/mol. The van der Waals surface area contributed by atoms with E-state index < -0.39 is 21.8 Å². The molecule has 1 spiro atoms. The smallest absolute Gasteiger partial charge is 0.216 e. The summed E-state index contributed by atoms with van der Waals surface area (Å²) in [5.74, 6) is -0.861. The van der Waals surface area contributed by atoms with E-state index in [1.165, 1.54) is 15.6 Å². The van der Waals surface area contributed by atoms with Crippen LogP contribution in [-0.2, 0) is 10.2 Å². The standard InChI is InChI=1S/C15H16F2N4O2S2/c16-9-1-2-12(17)10(7-9)13-19-20-14(24-13)11-8-15(11)3-5-21(6-4-15)25(18,22)23/h1-2,7,11H,3-6,8H2,(H2,18,22,23)/t11-/m0/s1. The molecule has 1 aromatic carbocycles. The maximum absolute atomic E-state index is 13.9. The van der Waals surface area contributed by atoms with Crippen LogP contribution < -0.4 is 5.14 Å². The minimum Gasteiger partial charge on any atom is -0.216 e. The van der Waals surface area contributed by atoms with E-state index in [0.717, 1.165) is 42.5 Å². The first-order valence-corrected chi connectivity index (χ1v) is 10.2. The molecule has 2 N–H and O–H groups in total. The summed E-state index contributed by atoms with van der Waals surface area (Å²) in [6.45, 7) is 0.805. The SMILES string of the molecule is NS(=O)(=O)N1CCC2(CC1)C[C@H]2c1nnc(-c2cc(F)ccc2F)s1. The molecule has 6 nitrogen and oxygen atoms in total. The molecule has 0 radical (unpaired) electrons. The van der Waals surface area contributed by atoms with Gasteiger partial charge in [-0.25, -0.2) is 13.9 Å². The van der Waals surface area contributed by atoms with Crippen molar-refractivity contribution in [1.82, 2.24) is 14.5 Å². The Morgan fingerprint density at radius 2 is 1.96 bits per heavy atom. The minimum absolute atomic E-state index is 0.0263. The maximum atomic E-state index is 13.9. The highest BCUT2D eigenvalue weighted by atomic mass is 32.2. The average molecular weight is 386 g/mol. The van der Waals surface area contributed by atoms with Crippen molar-refractivity contribution >= 4 is 21.5 Å². The summed E-state index contributed by atoms with van der Waals surface area (Å²) in [5, 5.41) is 14.5. The van der Waals surface area contributed by atoms with Crippen molar-refractivity contribution in [2.45, 2.75) is 25.2 Å². The highest BCUT2D eigenvalue weighted by Crippen LogP contribution is 2.65. The second kappa shape index (κ2) is 5.76. The van der Waals surface area contributed by atoms with Gasteiger partial charge in [-0.05, 0) is 42.9 Å². The molecule has 1 aromatic heterocycles. The van der Waals surface area contributed by atoms with Crippen LogP contribution in [-0.4, -0.2) is 36.0 Å². The van der Waals surface area contributed by atoms with Gasteiger partial charge in [0.1, 0.15) is 16.6 Å². The number of piperidine rings is 1. The summed E-state index contributed by atoms with van der Waals surface area (Å²) < 4.78 is 51.3. The van der Waals surface area contributed by atoms with E-state index in [1.807, 2.05) is 0 Å². The lowest BCUT2D eigenvalue weighted by molar-refractivity contribution is 0.251. The molecule has 2 aromatic rings. The van der Waals surface area contributed by atoms with Crippen LogP contribution in [0.3, 0.4) is 0 Å². The molecule has 1 saturated heterocycles. The van der Waals surface area contributed by atoms with Crippen molar-refractivity contribution in [2.24, 2.45) is 10.6 Å². The maximum Gasteiger partial charge on any atom is 0.276 e. The Balaban J connectivity index is 1.51. The predicted octanol–water partition coefficient (Wildman–Crippen LogP) is 2.26. The van der Waals surface area contributed by atoms with Crippen molar-refractivity contribution in [3.63, 3.8) is 0 Å². The molecule has 2 aliphatic rings. The molecule has 134 valence electrons. The third-order valence-corrected chi connectivity index (χ3v) is 7.32. The zero-order valence-electron chi connectivity index (χ0n) is 13.2. The molecule has 4 rings (SSSR count). The van der Waals surface area contributed by atoms with Crippen LogP contribution in [0.5, 0.6) is 0 Å². The first-order chi connectivity index (χ1) is 11.8. The van der Waals surface area contributed by atoms with Crippen molar-refractivity contribution in [3.05, 3.63) is 34.8 Å². The van der Waals surface area contributed by atoms with Crippen molar-refractivity contribution < 1.29 is 17.2 Å². The number of rotatable bonds is 3. The van der Waals surface area contributed by atoms with Gasteiger partial charge in [0.2, 0.25) is 0 Å². The van der Waals surface area contributed by atoms with Gasteiger partial charge < -0.3 is 0 Å². The molecule has 25 heavy (non-hydrogen) atoms. The van der Waals surface area contributed by atoms with Crippen LogP contribution in [0.4, 0.5) is 8.78 Å². The number of hydrogen-bond acceptors (Lipinski definition) is 5. The van der Waals surface area contributed by atoms with Crippen LogP contribution in [0.1, 0.15) is 30.2 Å². The Morgan fingerprint density at radius 1 is 1.24 bits per heavy atom. The van der Waals surface area contributed by atoms with Crippen molar-refractivity contribution in [2.75, 3.05) is 13.1 Å². The molecule has 1 aliphatic carbocycles. The number of halogens is 2. The molecular weight excluding hydrogens is 370 g/mol. The lowest BCUT2D eigenvalue weighted by Gasteiger charge is -2.30. The number of nitrogens with zero attached hydrogens (tertiary/aromatic N) is 3. The molecule has 1 saturated carbocycles. The van der Waals surface area contributed by atoms with Gasteiger partial charge in [0.15, 0.2) is 5.01 Å². The zero-order chi connectivity index (χ0) is 17.8. The second-order valence-electron chi connectivity index (χ2n) is 6.63. The molecule has 10 heteroatoms. The summed E-state index contributed by atoms with van der Waals surface area (Å²) >= 11 is 1.27. The molecule has 0 amide bonds. The van der Waals surface area contributed by atoms with Crippen LogP contribution in [0, 0.1) is 17.0 Å². The molecule has 2 fully saturated rings. The van der Waals surface area contributed by atoms with E-state index >= 15 is 0 Å². The highest BCUT2D eigenvalue weighted by Gasteiger charge is 2.57. The van der Waals surface area contributed by atoms with E-state index in [1.54, 1.807) is 0 Å². The summed E-state index contributed by atoms with van der Waals surface area (Å²) in [6.07, 6.45) is 2.35. The fourth-order valence-electron chi connectivity index (χ4n) is 3.58. The van der Waals surface area contributed by atoms with Gasteiger partial charge in [-0.2, -0.15) is 12.7 Å². The van der Waals surface area contributed by atoms with Crippen LogP contribution in [0.2, 0.25) is 0 Å². The fourth-order valence-corrected chi connectivity index (χ4v) is 5.38. The van der Waals surface area contributed by atoms with E-state index in [4.69, 9.17) is 5.14 Å². The Kier molecular flexibility index (Phi) is 3.91. The summed E-state index contributed by atoms with van der Waals surface area (Å²) in [6, 6.07) is 3.26. The van der Waals surface area contributed by atoms with Crippen molar-refractivity contribution in [3.8, 4) is 10.6 Å². The normalized spacial score (nSPS) is 23.1. The highest BCUT2D eigenvalue weighted by molar-refractivity contribution is 7.86. The number of hydrogen-bond donors (Lipinski definition) is 1. The van der Waals surface area contributed by atoms with Crippen LogP contribution >= 0.6 is 11.3 Å². The molecule has 0 unspecified atom stereocenters. The quantitative estimate of drug-likeness (QED) is 0.876. The van der Waals surface area contributed by atoms with E-state index in [-0.39, 0.29) is 16.9 Å². The molecule has 1 aliphatic heterocycles. The van der Waals surface area contributed by atoms with Gasteiger partial charge in [-0.3, -0.25) is 0 Å². The Bertz CT molecular complexity index is 923. The van der Waals surface area contributed by atoms with Gasteiger partial charge >= 0.3 is 0 Å². The van der Waals surface area contributed by atoms with E-state index in [9.17, 15) is 17.2 Å². The topological polar surface area (TPSA) is 89.2 Å². The number of benzene rings is 1. The average Bonchev–Trinajstić information content (AvgIpc) is 3.03. The fraction of sp³-hybridized carbons (Fsp3) is 0.467. The predicted molar refractivity (Wildman–Crippen MR) is 89.0 cm³/mol. The van der Waals surface area contributed by atoms with Gasteiger partial charge in [-0.15, -0.1) is 10.2 Å². The largest absolute Gasteiger partial charge is 0.276 e. The van der Waals surface area contributed by atoms with Crippen molar-refractivity contribution in [1.29, 1.82) is 0 Å². The second-order valence-corrected chi connectivity index (χ2v) is 9.19. The van der Waals surface area contributed by atoms with E-state index in [0.29, 0.717) is 18.1 Å². The first-order valence-electron chi connectivity index (χ1n) is 7.85. The minimum atomic E-state index is -3.64. The third kappa shape index (κ3) is 3.07. The van der Waals surface area contributed by atoms with Gasteiger partial charge in [0, 0.05) is 19.0 Å². The van der Waals surface area contributed by atoms with Gasteiger partial charge in [-0.1, -0.05) is 11.3 Å². The van der Waals surface area contributed by atoms with Crippen LogP contribution in [0.15, 0.2) is 18.2 Å². The molecule has 0 bridgehead atoms. The summed E-state index contributed by atoms with van der Waals surface area (Å²) in [5.41, 5.74) is 0.140. The molecule has 1 atom stereocenters. The molecule has 2 heterocycles. The van der Waals surface area contributed by atoms with Gasteiger partial charge in [0.05, 0.1) is 5.56 Å². The molecular formula is C15H16F2N4O2S2. The lowest BCUT2D eigenvalue weighted by Crippen LogP contribution is -2.42. The Labute approximate surface area is 147 Å². The van der Waals surface area contributed by atoms with Crippen LogP contribution in [0.25, 0.3) is 10.6 Å².